The van der Waals surface area contributed by atoms with Crippen molar-refractivity contribution in [3.8, 4) is 0 Å². The van der Waals surface area contributed by atoms with E-state index in [0.717, 1.165) is 12.1 Å². The molecule has 2 heterocycles. The Morgan fingerprint density at radius 3 is 2.80 bits per heavy atom. The van der Waals surface area contributed by atoms with E-state index in [9.17, 15) is 0 Å². The van der Waals surface area contributed by atoms with Crippen LogP contribution in [0.3, 0.4) is 0 Å². The van der Waals surface area contributed by atoms with Gasteiger partial charge < -0.3 is 5.32 Å². The van der Waals surface area contributed by atoms with Crippen LogP contribution in [0.15, 0.2) is 43.0 Å². The fourth-order valence-corrected chi connectivity index (χ4v) is 2.06. The number of rotatable bonds is 1. The summed E-state index contributed by atoms with van der Waals surface area (Å²) in [5, 5.41) is 3.46. The molecule has 3 heteroatoms. The Bertz CT molecular complexity index is 467. The van der Waals surface area contributed by atoms with Gasteiger partial charge in [-0.05, 0) is 11.1 Å². The molecule has 1 aliphatic heterocycles. The van der Waals surface area contributed by atoms with Crippen LogP contribution in [0.5, 0.6) is 0 Å². The molecule has 0 fully saturated rings. The fraction of sp³-hybridized carbons (Fsp3) is 0.167. The summed E-state index contributed by atoms with van der Waals surface area (Å²) in [7, 11) is 0. The van der Waals surface area contributed by atoms with E-state index in [1.165, 1.54) is 11.1 Å². The molecule has 1 unspecified atom stereocenters. The Kier molecular flexibility index (Phi) is 1.96. The third-order valence-electron chi connectivity index (χ3n) is 2.78. The van der Waals surface area contributed by atoms with Crippen molar-refractivity contribution in [3.05, 3.63) is 59.7 Å². The number of nitrogens with one attached hydrogen (secondary N) is 1. The lowest BCUT2D eigenvalue weighted by Gasteiger charge is -2.10. The van der Waals surface area contributed by atoms with E-state index in [-0.39, 0.29) is 6.04 Å². The van der Waals surface area contributed by atoms with Crippen molar-refractivity contribution < 1.29 is 0 Å². The van der Waals surface area contributed by atoms with E-state index in [1.807, 2.05) is 12.4 Å². The molecule has 0 spiro atoms. The molecular formula is C12H11N3. The molecule has 2 aromatic rings. The summed E-state index contributed by atoms with van der Waals surface area (Å²) in [6.45, 7) is 0.926. The number of benzene rings is 1. The average Bonchev–Trinajstić information content (AvgIpc) is 2.74. The number of hydrogen-bond donors (Lipinski definition) is 1. The number of hydrogen-bond acceptors (Lipinski definition) is 3. The second-order valence-electron chi connectivity index (χ2n) is 3.68. The van der Waals surface area contributed by atoms with Gasteiger partial charge in [-0.3, -0.25) is 0 Å². The molecular weight excluding hydrogens is 186 g/mol. The van der Waals surface area contributed by atoms with Crippen LogP contribution in [0.2, 0.25) is 0 Å². The van der Waals surface area contributed by atoms with Crippen molar-refractivity contribution >= 4 is 0 Å². The summed E-state index contributed by atoms with van der Waals surface area (Å²) >= 11 is 0. The van der Waals surface area contributed by atoms with Gasteiger partial charge in [-0.1, -0.05) is 24.3 Å². The Balaban J connectivity index is 2.05. The molecule has 1 aliphatic rings. The van der Waals surface area contributed by atoms with Gasteiger partial charge in [0.25, 0.3) is 0 Å². The molecule has 1 aromatic carbocycles. The van der Waals surface area contributed by atoms with E-state index in [1.54, 1.807) is 6.33 Å². The second kappa shape index (κ2) is 3.44. The van der Waals surface area contributed by atoms with Gasteiger partial charge in [0.1, 0.15) is 6.33 Å². The van der Waals surface area contributed by atoms with Crippen molar-refractivity contribution in [1.82, 2.24) is 15.3 Å². The van der Waals surface area contributed by atoms with E-state index >= 15 is 0 Å². The molecule has 15 heavy (non-hydrogen) atoms. The van der Waals surface area contributed by atoms with Gasteiger partial charge in [-0.15, -0.1) is 0 Å². The lowest BCUT2D eigenvalue weighted by molar-refractivity contribution is 0.661. The Hall–Kier alpha value is -1.74. The smallest absolute Gasteiger partial charge is 0.115 e. The highest BCUT2D eigenvalue weighted by molar-refractivity contribution is 5.39. The summed E-state index contributed by atoms with van der Waals surface area (Å²) < 4.78 is 0. The minimum atomic E-state index is 0.252. The number of fused-ring (bicyclic) bond motifs is 1. The molecule has 0 aliphatic carbocycles. The molecule has 0 saturated carbocycles. The van der Waals surface area contributed by atoms with Crippen molar-refractivity contribution in [2.24, 2.45) is 0 Å². The zero-order chi connectivity index (χ0) is 10.1. The van der Waals surface area contributed by atoms with Crippen molar-refractivity contribution in [2.75, 3.05) is 0 Å². The Morgan fingerprint density at radius 2 is 1.93 bits per heavy atom. The molecule has 74 valence electrons. The molecule has 3 nitrogen and oxygen atoms in total. The summed E-state index contributed by atoms with van der Waals surface area (Å²) in [5.41, 5.74) is 3.83. The zero-order valence-corrected chi connectivity index (χ0v) is 8.22. The lowest BCUT2D eigenvalue weighted by atomic mass is 10.0. The van der Waals surface area contributed by atoms with Crippen molar-refractivity contribution in [1.29, 1.82) is 0 Å². The first kappa shape index (κ1) is 8.56. The number of aromatic nitrogens is 2. The topological polar surface area (TPSA) is 37.8 Å². The van der Waals surface area contributed by atoms with Crippen LogP contribution in [0, 0.1) is 0 Å². The van der Waals surface area contributed by atoms with Crippen LogP contribution in [0.25, 0.3) is 0 Å². The molecule has 0 amide bonds. The second-order valence-corrected chi connectivity index (χ2v) is 3.68. The van der Waals surface area contributed by atoms with Crippen molar-refractivity contribution in [3.63, 3.8) is 0 Å². The highest BCUT2D eigenvalue weighted by Gasteiger charge is 2.22. The van der Waals surface area contributed by atoms with Gasteiger partial charge in [0.2, 0.25) is 0 Å². The van der Waals surface area contributed by atoms with Crippen LogP contribution in [-0.4, -0.2) is 9.97 Å². The summed E-state index contributed by atoms with van der Waals surface area (Å²) in [6, 6.07) is 8.72. The summed E-state index contributed by atoms with van der Waals surface area (Å²) in [6.07, 6.45) is 5.30. The fourth-order valence-electron chi connectivity index (χ4n) is 2.06. The van der Waals surface area contributed by atoms with Crippen LogP contribution < -0.4 is 5.32 Å². The summed E-state index contributed by atoms with van der Waals surface area (Å²) in [5.74, 6) is 0. The van der Waals surface area contributed by atoms with E-state index in [4.69, 9.17) is 0 Å². The molecule has 0 bridgehead atoms. The van der Waals surface area contributed by atoms with Gasteiger partial charge in [0.15, 0.2) is 0 Å². The first-order valence-electron chi connectivity index (χ1n) is 5.01. The van der Waals surface area contributed by atoms with Crippen LogP contribution >= 0.6 is 0 Å². The molecule has 0 saturated heterocycles. The predicted molar refractivity (Wildman–Crippen MR) is 57.2 cm³/mol. The maximum atomic E-state index is 4.05. The van der Waals surface area contributed by atoms with E-state index in [0.29, 0.717) is 0 Å². The van der Waals surface area contributed by atoms with E-state index in [2.05, 4.69) is 39.6 Å². The predicted octanol–water partition coefficient (Wildman–Crippen LogP) is 1.67. The Labute approximate surface area is 88.2 Å². The monoisotopic (exact) mass is 197 g/mol. The standard InChI is InChI=1S/C12H11N3/c1-2-4-11-9(3-1)7-15-12(11)10-5-13-8-14-6-10/h1-6,8,12,15H,7H2. The quantitative estimate of drug-likeness (QED) is 0.755. The first-order chi connectivity index (χ1) is 7.45. The minimum absolute atomic E-state index is 0.252. The first-order valence-corrected chi connectivity index (χ1v) is 5.01. The van der Waals surface area contributed by atoms with Gasteiger partial charge in [0.05, 0.1) is 6.04 Å². The number of nitrogens with zero attached hydrogens (tertiary/aromatic N) is 2. The van der Waals surface area contributed by atoms with Crippen LogP contribution in [0.4, 0.5) is 0 Å². The van der Waals surface area contributed by atoms with Crippen LogP contribution in [0.1, 0.15) is 22.7 Å². The van der Waals surface area contributed by atoms with Crippen molar-refractivity contribution in [2.45, 2.75) is 12.6 Å². The third-order valence-corrected chi connectivity index (χ3v) is 2.78. The molecule has 0 radical (unpaired) electrons. The van der Waals surface area contributed by atoms with Gasteiger partial charge >= 0.3 is 0 Å². The van der Waals surface area contributed by atoms with Gasteiger partial charge in [0, 0.05) is 24.5 Å². The van der Waals surface area contributed by atoms with Gasteiger partial charge in [-0.25, -0.2) is 9.97 Å². The highest BCUT2D eigenvalue weighted by atomic mass is 15.0. The molecule has 3 rings (SSSR count). The highest BCUT2D eigenvalue weighted by Crippen LogP contribution is 2.29. The normalized spacial score (nSPS) is 18.8. The maximum Gasteiger partial charge on any atom is 0.115 e. The largest absolute Gasteiger partial charge is 0.302 e. The Morgan fingerprint density at radius 1 is 1.13 bits per heavy atom. The summed E-state index contributed by atoms with van der Waals surface area (Å²) in [4.78, 5) is 8.10. The zero-order valence-electron chi connectivity index (χ0n) is 8.22. The third kappa shape index (κ3) is 1.41. The van der Waals surface area contributed by atoms with E-state index < -0.39 is 0 Å². The lowest BCUT2D eigenvalue weighted by Crippen LogP contribution is -2.13. The minimum Gasteiger partial charge on any atom is -0.302 e. The average molecular weight is 197 g/mol. The van der Waals surface area contributed by atoms with Crippen LogP contribution in [-0.2, 0) is 6.54 Å². The molecule has 1 N–H and O–H groups in total. The maximum absolute atomic E-state index is 4.05. The SMILES string of the molecule is c1ccc2c(c1)CNC2c1cncnc1. The molecule has 1 atom stereocenters. The van der Waals surface area contributed by atoms with Gasteiger partial charge in [-0.2, -0.15) is 0 Å². The molecule has 1 aromatic heterocycles.